The van der Waals surface area contributed by atoms with Gasteiger partial charge in [-0.15, -0.1) is 0 Å². The van der Waals surface area contributed by atoms with Gasteiger partial charge in [-0.2, -0.15) is 4.31 Å². The molecule has 1 aromatic rings. The van der Waals surface area contributed by atoms with Crippen LogP contribution in [0.2, 0.25) is 0 Å². The molecule has 1 aliphatic heterocycles. The molecule has 0 N–H and O–H groups in total. The van der Waals surface area contributed by atoms with Crippen LogP contribution in [0.1, 0.15) is 5.56 Å². The molecule has 0 bridgehead atoms. The highest BCUT2D eigenvalue weighted by atomic mass is 32.2. The summed E-state index contributed by atoms with van der Waals surface area (Å²) in [5.41, 5.74) is 0.771. The minimum Gasteiger partial charge on any atom is -0.383 e. The molecular formula is C19H31N3O5S. The second-order valence-electron chi connectivity index (χ2n) is 6.78. The molecule has 0 radical (unpaired) electrons. The molecular weight excluding hydrogens is 382 g/mol. The third kappa shape index (κ3) is 7.14. The van der Waals surface area contributed by atoms with Crippen LogP contribution in [0.25, 0.3) is 0 Å². The second kappa shape index (κ2) is 11.5. The maximum atomic E-state index is 12.6. The molecule has 28 heavy (non-hydrogen) atoms. The molecule has 0 unspecified atom stereocenters. The summed E-state index contributed by atoms with van der Waals surface area (Å²) in [5, 5.41) is 0. The van der Waals surface area contributed by atoms with E-state index in [0.29, 0.717) is 52.5 Å². The summed E-state index contributed by atoms with van der Waals surface area (Å²) >= 11 is 0. The number of hydrogen-bond acceptors (Lipinski definition) is 6. The highest BCUT2D eigenvalue weighted by molar-refractivity contribution is 7.88. The lowest BCUT2D eigenvalue weighted by molar-refractivity contribution is -0.133. The van der Waals surface area contributed by atoms with E-state index in [1.807, 2.05) is 35.2 Å². The standard InChI is InChI=1S/C19H31N3O5S/c1-26-14-12-20(13-15-27-2)16-19(23)21-8-10-22(11-9-21)28(24,25)17-18-6-4-3-5-7-18/h3-7H,8-17H2,1-2H3. The third-order valence-corrected chi connectivity index (χ3v) is 6.61. The fraction of sp³-hybridized carbons (Fsp3) is 0.632. The number of carbonyl (C=O) groups excluding carboxylic acids is 1. The first kappa shape index (κ1) is 22.8. The summed E-state index contributed by atoms with van der Waals surface area (Å²) in [6.07, 6.45) is 0. The summed E-state index contributed by atoms with van der Waals surface area (Å²) in [6.45, 7) is 4.15. The first-order chi connectivity index (χ1) is 13.5. The van der Waals surface area contributed by atoms with Gasteiger partial charge < -0.3 is 14.4 Å². The van der Waals surface area contributed by atoms with Crippen LogP contribution in [0.4, 0.5) is 0 Å². The van der Waals surface area contributed by atoms with Crippen molar-refractivity contribution in [3.05, 3.63) is 35.9 Å². The van der Waals surface area contributed by atoms with Crippen molar-refractivity contribution in [3.63, 3.8) is 0 Å². The number of rotatable bonds is 11. The Bertz CT molecular complexity index is 683. The smallest absolute Gasteiger partial charge is 0.236 e. The zero-order valence-electron chi connectivity index (χ0n) is 16.7. The van der Waals surface area contributed by atoms with Crippen molar-refractivity contribution in [1.82, 2.24) is 14.1 Å². The van der Waals surface area contributed by atoms with Crippen LogP contribution in [-0.4, -0.2) is 102 Å². The fourth-order valence-corrected chi connectivity index (χ4v) is 4.61. The van der Waals surface area contributed by atoms with Crippen LogP contribution in [0.15, 0.2) is 30.3 Å². The molecule has 0 saturated carbocycles. The minimum absolute atomic E-state index is 0.00677. The molecule has 158 valence electrons. The predicted molar refractivity (Wildman–Crippen MR) is 107 cm³/mol. The van der Waals surface area contributed by atoms with Crippen molar-refractivity contribution >= 4 is 15.9 Å². The van der Waals surface area contributed by atoms with Gasteiger partial charge in [0, 0.05) is 53.5 Å². The Labute approximate surface area is 168 Å². The lowest BCUT2D eigenvalue weighted by atomic mass is 10.2. The Balaban J connectivity index is 1.85. The van der Waals surface area contributed by atoms with Crippen molar-refractivity contribution < 1.29 is 22.7 Å². The van der Waals surface area contributed by atoms with Crippen molar-refractivity contribution in [2.45, 2.75) is 5.75 Å². The Morgan fingerprint density at radius 2 is 1.57 bits per heavy atom. The Morgan fingerprint density at radius 3 is 2.11 bits per heavy atom. The predicted octanol–water partition coefficient (Wildman–Crippen LogP) is 0.255. The molecule has 1 aromatic carbocycles. The van der Waals surface area contributed by atoms with Crippen molar-refractivity contribution in [2.75, 3.05) is 73.2 Å². The number of sulfonamides is 1. The number of benzene rings is 1. The summed E-state index contributed by atoms with van der Waals surface area (Å²) in [4.78, 5) is 16.3. The molecule has 1 aliphatic rings. The highest BCUT2D eigenvalue weighted by Gasteiger charge is 2.29. The van der Waals surface area contributed by atoms with Crippen molar-refractivity contribution in [2.24, 2.45) is 0 Å². The van der Waals surface area contributed by atoms with E-state index >= 15 is 0 Å². The van der Waals surface area contributed by atoms with Gasteiger partial charge in [-0.1, -0.05) is 30.3 Å². The molecule has 9 heteroatoms. The molecule has 0 aromatic heterocycles. The van der Waals surface area contributed by atoms with Crippen molar-refractivity contribution in [1.29, 1.82) is 0 Å². The van der Waals surface area contributed by atoms with Crippen LogP contribution < -0.4 is 0 Å². The van der Waals surface area contributed by atoms with Gasteiger partial charge in [-0.25, -0.2) is 8.42 Å². The SMILES string of the molecule is COCCN(CCOC)CC(=O)N1CCN(S(=O)(=O)Cc2ccccc2)CC1. The van der Waals surface area contributed by atoms with E-state index in [1.54, 1.807) is 19.1 Å². The van der Waals surface area contributed by atoms with Crippen LogP contribution in [0, 0.1) is 0 Å². The molecule has 1 heterocycles. The zero-order chi connectivity index (χ0) is 20.4. The number of ether oxygens (including phenoxy) is 2. The normalized spacial score (nSPS) is 15.9. The van der Waals surface area contributed by atoms with Gasteiger partial charge in [-0.05, 0) is 5.56 Å². The number of piperazine rings is 1. The largest absolute Gasteiger partial charge is 0.383 e. The molecule has 0 aliphatic carbocycles. The Hall–Kier alpha value is -1.52. The van der Waals surface area contributed by atoms with Crippen molar-refractivity contribution in [3.8, 4) is 0 Å². The summed E-state index contributed by atoms with van der Waals surface area (Å²) in [5.74, 6) is -0.00355. The van der Waals surface area contributed by atoms with E-state index in [9.17, 15) is 13.2 Å². The number of amides is 1. The maximum Gasteiger partial charge on any atom is 0.236 e. The molecule has 0 atom stereocenters. The van der Waals surface area contributed by atoms with E-state index in [2.05, 4.69) is 0 Å². The molecule has 1 fully saturated rings. The van der Waals surface area contributed by atoms with E-state index in [4.69, 9.17) is 9.47 Å². The third-order valence-electron chi connectivity index (χ3n) is 4.76. The second-order valence-corrected chi connectivity index (χ2v) is 8.75. The number of methoxy groups -OCH3 is 2. The number of hydrogen-bond donors (Lipinski definition) is 0. The monoisotopic (exact) mass is 413 g/mol. The Kier molecular flexibility index (Phi) is 9.33. The van der Waals surface area contributed by atoms with Gasteiger partial charge >= 0.3 is 0 Å². The molecule has 1 saturated heterocycles. The molecule has 2 rings (SSSR count). The lowest BCUT2D eigenvalue weighted by Gasteiger charge is -2.35. The zero-order valence-corrected chi connectivity index (χ0v) is 17.6. The number of carbonyl (C=O) groups is 1. The van der Waals surface area contributed by atoms with Crippen LogP contribution in [0.3, 0.4) is 0 Å². The molecule has 8 nitrogen and oxygen atoms in total. The van der Waals surface area contributed by atoms with Gasteiger partial charge in [0.15, 0.2) is 0 Å². The van der Waals surface area contributed by atoms with E-state index in [-0.39, 0.29) is 18.2 Å². The van der Waals surface area contributed by atoms with E-state index in [1.165, 1.54) is 4.31 Å². The van der Waals surface area contributed by atoms with Gasteiger partial charge in [0.25, 0.3) is 0 Å². The van der Waals surface area contributed by atoms with Gasteiger partial charge in [0.1, 0.15) is 0 Å². The average molecular weight is 414 g/mol. The van der Waals surface area contributed by atoms with Crippen LogP contribution >= 0.6 is 0 Å². The number of nitrogens with zero attached hydrogens (tertiary/aromatic N) is 3. The van der Waals surface area contributed by atoms with E-state index in [0.717, 1.165) is 5.56 Å². The van der Waals surface area contributed by atoms with Gasteiger partial charge in [0.2, 0.25) is 15.9 Å². The Morgan fingerprint density at radius 1 is 1.00 bits per heavy atom. The minimum atomic E-state index is -3.38. The first-order valence-electron chi connectivity index (χ1n) is 9.46. The first-order valence-corrected chi connectivity index (χ1v) is 11.1. The molecule has 0 spiro atoms. The highest BCUT2D eigenvalue weighted by Crippen LogP contribution is 2.14. The van der Waals surface area contributed by atoms with Crippen LogP contribution in [0.5, 0.6) is 0 Å². The quantitative estimate of drug-likeness (QED) is 0.518. The summed E-state index contributed by atoms with van der Waals surface area (Å²) in [6, 6.07) is 9.15. The summed E-state index contributed by atoms with van der Waals surface area (Å²) in [7, 11) is -0.120. The van der Waals surface area contributed by atoms with E-state index < -0.39 is 10.0 Å². The molecule has 1 amide bonds. The maximum absolute atomic E-state index is 12.6. The summed E-state index contributed by atoms with van der Waals surface area (Å²) < 4.78 is 36.9. The lowest BCUT2D eigenvalue weighted by Crippen LogP contribution is -2.53. The topological polar surface area (TPSA) is 79.4 Å². The van der Waals surface area contributed by atoms with Crippen LogP contribution in [-0.2, 0) is 30.0 Å². The average Bonchev–Trinajstić information content (AvgIpc) is 2.70. The van der Waals surface area contributed by atoms with Gasteiger partial charge in [0.05, 0.1) is 25.5 Å². The fourth-order valence-electron chi connectivity index (χ4n) is 3.09. The van der Waals surface area contributed by atoms with Gasteiger partial charge in [-0.3, -0.25) is 9.69 Å².